The maximum absolute atomic E-state index is 5.40. The number of rotatable bonds is 4. The van der Waals surface area contributed by atoms with Crippen LogP contribution in [0.15, 0.2) is 4.52 Å². The summed E-state index contributed by atoms with van der Waals surface area (Å²) in [5.74, 6) is 1.65. The number of hydrogen-bond donors (Lipinski definition) is 0. The fraction of sp³-hybridized carbons (Fsp3) is 0.875. The van der Waals surface area contributed by atoms with Gasteiger partial charge in [0.1, 0.15) is 0 Å². The Morgan fingerprint density at radius 1 is 1.19 bits per heavy atom. The summed E-state index contributed by atoms with van der Waals surface area (Å²) in [6.07, 6.45) is 7.36. The fourth-order valence-corrected chi connectivity index (χ4v) is 4.10. The Bertz CT molecular complexity index is 457. The molecule has 2 aliphatic rings. The molecule has 1 aromatic rings. The van der Waals surface area contributed by atoms with E-state index in [4.69, 9.17) is 4.52 Å². The van der Waals surface area contributed by atoms with E-state index in [1.54, 1.807) is 0 Å². The van der Waals surface area contributed by atoms with Crippen LogP contribution in [0.3, 0.4) is 0 Å². The second-order valence-corrected chi connectivity index (χ2v) is 7.01. The first-order chi connectivity index (χ1) is 10.2. The van der Waals surface area contributed by atoms with Crippen LogP contribution in [0.5, 0.6) is 0 Å². The van der Waals surface area contributed by atoms with E-state index in [0.29, 0.717) is 5.41 Å². The van der Waals surface area contributed by atoms with Gasteiger partial charge < -0.3 is 9.42 Å². The lowest BCUT2D eigenvalue weighted by Gasteiger charge is -2.47. The van der Waals surface area contributed by atoms with Crippen molar-refractivity contribution in [3.05, 3.63) is 11.7 Å². The van der Waals surface area contributed by atoms with Crippen molar-refractivity contribution in [3.63, 3.8) is 0 Å². The van der Waals surface area contributed by atoms with Crippen molar-refractivity contribution < 1.29 is 4.52 Å². The van der Waals surface area contributed by atoms with Gasteiger partial charge in [-0.25, -0.2) is 0 Å². The van der Waals surface area contributed by atoms with Gasteiger partial charge in [0.2, 0.25) is 5.89 Å². The van der Waals surface area contributed by atoms with Crippen molar-refractivity contribution in [3.8, 4) is 0 Å². The highest BCUT2D eigenvalue weighted by atomic mass is 16.5. The summed E-state index contributed by atoms with van der Waals surface area (Å²) in [4.78, 5) is 9.53. The lowest BCUT2D eigenvalue weighted by atomic mass is 9.74. The zero-order valence-corrected chi connectivity index (χ0v) is 13.5. The highest BCUT2D eigenvalue weighted by Crippen LogP contribution is 2.38. The van der Waals surface area contributed by atoms with Crippen LogP contribution in [0, 0.1) is 5.41 Å². The minimum absolute atomic E-state index is 0.498. The molecule has 5 heteroatoms. The van der Waals surface area contributed by atoms with E-state index < -0.39 is 0 Å². The molecule has 2 saturated heterocycles. The van der Waals surface area contributed by atoms with E-state index in [1.165, 1.54) is 45.3 Å². The van der Waals surface area contributed by atoms with Gasteiger partial charge in [0.05, 0.1) is 6.54 Å². The molecule has 0 N–H and O–H groups in total. The number of hydrogen-bond acceptors (Lipinski definition) is 5. The molecule has 0 bridgehead atoms. The van der Waals surface area contributed by atoms with Gasteiger partial charge in [0.25, 0.3) is 0 Å². The largest absolute Gasteiger partial charge is 0.338 e. The third kappa shape index (κ3) is 3.64. The standard InChI is InChI=1S/C16H28N4O/c1-3-6-14-17-15(21-18-14)11-20-10-5-8-16(13-20)7-4-9-19(2)12-16/h3-13H2,1-2H3/t16-/m1/s1. The first-order valence-electron chi connectivity index (χ1n) is 8.41. The molecule has 2 fully saturated rings. The molecule has 0 unspecified atom stereocenters. The van der Waals surface area contributed by atoms with Crippen LogP contribution in [-0.4, -0.2) is 53.2 Å². The molecule has 1 aromatic heterocycles. The van der Waals surface area contributed by atoms with E-state index in [1.807, 2.05) is 0 Å². The van der Waals surface area contributed by atoms with E-state index in [0.717, 1.165) is 37.6 Å². The second-order valence-electron chi connectivity index (χ2n) is 7.01. The zero-order chi connectivity index (χ0) is 14.7. The molecule has 2 aliphatic heterocycles. The maximum atomic E-state index is 5.40. The van der Waals surface area contributed by atoms with Crippen LogP contribution in [0.25, 0.3) is 0 Å². The molecule has 0 aromatic carbocycles. The van der Waals surface area contributed by atoms with E-state index in [2.05, 4.69) is 33.9 Å². The van der Waals surface area contributed by atoms with E-state index in [-0.39, 0.29) is 0 Å². The van der Waals surface area contributed by atoms with E-state index >= 15 is 0 Å². The normalized spacial score (nSPS) is 28.3. The van der Waals surface area contributed by atoms with Crippen molar-refractivity contribution in [1.29, 1.82) is 0 Å². The summed E-state index contributed by atoms with van der Waals surface area (Å²) in [7, 11) is 2.26. The first kappa shape index (κ1) is 15.0. The van der Waals surface area contributed by atoms with Crippen LogP contribution in [-0.2, 0) is 13.0 Å². The topological polar surface area (TPSA) is 45.4 Å². The number of nitrogens with zero attached hydrogens (tertiary/aromatic N) is 4. The zero-order valence-electron chi connectivity index (χ0n) is 13.5. The molecular formula is C16H28N4O. The lowest BCUT2D eigenvalue weighted by Crippen LogP contribution is -2.51. The molecule has 21 heavy (non-hydrogen) atoms. The molecule has 1 atom stereocenters. The predicted molar refractivity (Wildman–Crippen MR) is 82.0 cm³/mol. The summed E-state index contributed by atoms with van der Waals surface area (Å²) >= 11 is 0. The molecule has 3 rings (SSSR count). The Hall–Kier alpha value is -0.940. The van der Waals surface area contributed by atoms with Gasteiger partial charge in [-0.05, 0) is 57.7 Å². The SMILES string of the molecule is CCCc1noc(CN2CCC[C@@]3(CCCN(C)C3)C2)n1. The molecule has 0 radical (unpaired) electrons. The highest BCUT2D eigenvalue weighted by Gasteiger charge is 2.38. The third-order valence-electron chi connectivity index (χ3n) is 4.94. The molecule has 5 nitrogen and oxygen atoms in total. The van der Waals surface area contributed by atoms with Crippen LogP contribution in [0.2, 0.25) is 0 Å². The van der Waals surface area contributed by atoms with Crippen LogP contribution in [0.4, 0.5) is 0 Å². The summed E-state index contributed by atoms with van der Waals surface area (Å²) in [5, 5.41) is 4.07. The molecule has 0 saturated carbocycles. The number of likely N-dealkylation sites (tertiary alicyclic amines) is 2. The quantitative estimate of drug-likeness (QED) is 0.852. The van der Waals surface area contributed by atoms with Gasteiger partial charge >= 0.3 is 0 Å². The Morgan fingerprint density at radius 2 is 2.00 bits per heavy atom. The average molecular weight is 292 g/mol. The maximum Gasteiger partial charge on any atom is 0.240 e. The monoisotopic (exact) mass is 292 g/mol. The van der Waals surface area contributed by atoms with Crippen molar-refractivity contribution in [2.75, 3.05) is 33.2 Å². The second kappa shape index (κ2) is 6.44. The predicted octanol–water partition coefficient (Wildman–Crippen LogP) is 2.33. The van der Waals surface area contributed by atoms with Crippen molar-refractivity contribution in [2.45, 2.75) is 52.0 Å². The molecule has 3 heterocycles. The molecule has 1 spiro atoms. The molecule has 0 aliphatic carbocycles. The lowest BCUT2D eigenvalue weighted by molar-refractivity contribution is 0.0160. The number of aryl methyl sites for hydroxylation is 1. The van der Waals surface area contributed by atoms with Crippen molar-refractivity contribution in [2.24, 2.45) is 5.41 Å². The van der Waals surface area contributed by atoms with Gasteiger partial charge in [0.15, 0.2) is 5.82 Å². The van der Waals surface area contributed by atoms with Gasteiger partial charge in [-0.1, -0.05) is 12.1 Å². The Kier molecular flexibility index (Phi) is 4.60. The Balaban J connectivity index is 1.60. The third-order valence-corrected chi connectivity index (χ3v) is 4.94. The van der Waals surface area contributed by atoms with Gasteiger partial charge in [-0.3, -0.25) is 4.90 Å². The molecular weight excluding hydrogens is 264 g/mol. The van der Waals surface area contributed by atoms with Crippen molar-refractivity contribution >= 4 is 0 Å². The summed E-state index contributed by atoms with van der Waals surface area (Å²) in [6.45, 7) is 7.81. The van der Waals surface area contributed by atoms with Crippen LogP contribution < -0.4 is 0 Å². The fourth-order valence-electron chi connectivity index (χ4n) is 4.10. The number of aromatic nitrogens is 2. The highest BCUT2D eigenvalue weighted by molar-refractivity contribution is 4.94. The van der Waals surface area contributed by atoms with Crippen LogP contribution >= 0.6 is 0 Å². The number of piperidine rings is 2. The van der Waals surface area contributed by atoms with Gasteiger partial charge in [-0.2, -0.15) is 4.98 Å². The van der Waals surface area contributed by atoms with Gasteiger partial charge in [-0.15, -0.1) is 0 Å². The van der Waals surface area contributed by atoms with Gasteiger partial charge in [0, 0.05) is 19.5 Å². The van der Waals surface area contributed by atoms with Crippen LogP contribution in [0.1, 0.15) is 50.7 Å². The first-order valence-corrected chi connectivity index (χ1v) is 8.41. The Labute approximate surface area is 127 Å². The minimum Gasteiger partial charge on any atom is -0.338 e. The summed E-state index contributed by atoms with van der Waals surface area (Å²) in [5.41, 5.74) is 0.498. The smallest absolute Gasteiger partial charge is 0.240 e. The summed E-state index contributed by atoms with van der Waals surface area (Å²) < 4.78 is 5.40. The molecule has 118 valence electrons. The Morgan fingerprint density at radius 3 is 2.76 bits per heavy atom. The molecule has 0 amide bonds. The minimum atomic E-state index is 0.498. The van der Waals surface area contributed by atoms with Crippen molar-refractivity contribution in [1.82, 2.24) is 19.9 Å². The average Bonchev–Trinajstić information content (AvgIpc) is 2.86. The summed E-state index contributed by atoms with van der Waals surface area (Å²) in [6, 6.07) is 0. The van der Waals surface area contributed by atoms with E-state index in [9.17, 15) is 0 Å².